The van der Waals surface area contributed by atoms with Crippen LogP contribution in [0, 0.1) is 0 Å². The lowest BCUT2D eigenvalue weighted by atomic mass is 10.2. The van der Waals surface area contributed by atoms with E-state index < -0.39 is 0 Å². The number of hydrazone groups is 1. The Balaban J connectivity index is 2.00. The molecular weight excluding hydrogens is 444 g/mol. The molecule has 1 amide bonds. The highest BCUT2D eigenvalue weighted by Crippen LogP contribution is 2.25. The molecule has 0 spiro atoms. The van der Waals surface area contributed by atoms with Crippen LogP contribution in [0.15, 0.2) is 53.5 Å². The summed E-state index contributed by atoms with van der Waals surface area (Å²) in [5.41, 5.74) is 2.94. The predicted molar refractivity (Wildman–Crippen MR) is 83.3 cm³/mol. The normalized spacial score (nSPS) is 10.9. The Kier molecular flexibility index (Phi) is 4.95. The number of nitrogens with one attached hydrogen (secondary N) is 1. The molecule has 2 aromatic rings. The predicted octanol–water partition coefficient (Wildman–Crippen LogP) is 4.33. The summed E-state index contributed by atoms with van der Waals surface area (Å²) >= 11 is 9.80. The minimum Gasteiger partial charge on any atom is -0.447 e. The summed E-state index contributed by atoms with van der Waals surface area (Å²) in [6.07, 6.45) is 1.42. The molecule has 1 heterocycles. The van der Waals surface area contributed by atoms with E-state index in [2.05, 4.69) is 58.3 Å². The van der Waals surface area contributed by atoms with E-state index in [0.717, 1.165) is 8.95 Å². The van der Waals surface area contributed by atoms with Crippen LogP contribution in [0.5, 0.6) is 0 Å². The molecule has 0 saturated carbocycles. The van der Waals surface area contributed by atoms with Gasteiger partial charge in [0, 0.05) is 16.1 Å². The van der Waals surface area contributed by atoms with E-state index in [4.69, 9.17) is 4.42 Å². The van der Waals surface area contributed by atoms with Crippen molar-refractivity contribution in [1.82, 2.24) is 5.43 Å². The summed E-state index contributed by atoms with van der Waals surface area (Å²) in [7, 11) is 0. The molecule has 0 atom stereocenters. The lowest BCUT2D eigenvalue weighted by Crippen LogP contribution is -2.17. The Bertz CT molecular complexity index is 618. The number of carbonyl (C=O) groups excluding carboxylic acids is 1. The molecule has 0 fully saturated rings. The summed E-state index contributed by atoms with van der Waals surface area (Å²) in [6.45, 7) is 0. The highest BCUT2D eigenvalue weighted by molar-refractivity contribution is 9.13. The van der Waals surface area contributed by atoms with Crippen LogP contribution < -0.4 is 5.43 Å². The molecule has 0 aliphatic heterocycles. The number of rotatable bonds is 3. The standard InChI is InChI=1S/C12H7Br3N2O2/c13-8-3-1-2-7(4-8)12(18)17-16-6-9-5-10(14)11(15)19-9/h1-6H,(H,17,18). The molecule has 0 aliphatic carbocycles. The van der Waals surface area contributed by atoms with Gasteiger partial charge in [0.15, 0.2) is 4.67 Å². The Morgan fingerprint density at radius 2 is 2.05 bits per heavy atom. The first kappa shape index (κ1) is 14.5. The maximum atomic E-state index is 11.8. The number of amides is 1. The van der Waals surface area contributed by atoms with Gasteiger partial charge in [0.1, 0.15) is 5.76 Å². The first-order valence-corrected chi connectivity index (χ1v) is 7.48. The lowest BCUT2D eigenvalue weighted by molar-refractivity contribution is 0.0955. The zero-order valence-electron chi connectivity index (χ0n) is 9.36. The number of carbonyl (C=O) groups is 1. The largest absolute Gasteiger partial charge is 0.447 e. The number of furan rings is 1. The second-order valence-electron chi connectivity index (χ2n) is 3.48. The maximum Gasteiger partial charge on any atom is 0.271 e. The Labute approximate surface area is 134 Å². The van der Waals surface area contributed by atoms with Crippen LogP contribution in [-0.4, -0.2) is 12.1 Å². The molecule has 0 saturated heterocycles. The molecule has 0 unspecified atom stereocenters. The van der Waals surface area contributed by atoms with Crippen molar-refractivity contribution in [2.24, 2.45) is 5.10 Å². The third-order valence-electron chi connectivity index (χ3n) is 2.11. The molecule has 4 nitrogen and oxygen atoms in total. The van der Waals surface area contributed by atoms with Crippen molar-refractivity contribution in [2.75, 3.05) is 0 Å². The molecule has 19 heavy (non-hydrogen) atoms. The average molecular weight is 451 g/mol. The van der Waals surface area contributed by atoms with Crippen molar-refractivity contribution in [3.8, 4) is 0 Å². The van der Waals surface area contributed by atoms with E-state index in [9.17, 15) is 4.79 Å². The van der Waals surface area contributed by atoms with Crippen molar-refractivity contribution in [2.45, 2.75) is 0 Å². The summed E-state index contributed by atoms with van der Waals surface area (Å²) in [4.78, 5) is 11.8. The van der Waals surface area contributed by atoms with Crippen LogP contribution >= 0.6 is 47.8 Å². The smallest absolute Gasteiger partial charge is 0.271 e. The fourth-order valence-electron chi connectivity index (χ4n) is 1.28. The Hall–Kier alpha value is -0.920. The minimum absolute atomic E-state index is 0.290. The third-order valence-corrected chi connectivity index (χ3v) is 4.31. The SMILES string of the molecule is O=C(NN=Cc1cc(Br)c(Br)o1)c1cccc(Br)c1. The number of hydrogen-bond acceptors (Lipinski definition) is 3. The van der Waals surface area contributed by atoms with E-state index >= 15 is 0 Å². The van der Waals surface area contributed by atoms with Gasteiger partial charge in [-0.1, -0.05) is 22.0 Å². The lowest BCUT2D eigenvalue weighted by Gasteiger charge is -1.99. The fourth-order valence-corrected chi connectivity index (χ4v) is 2.28. The van der Waals surface area contributed by atoms with Crippen molar-refractivity contribution in [3.63, 3.8) is 0 Å². The average Bonchev–Trinajstić information content (AvgIpc) is 2.68. The van der Waals surface area contributed by atoms with Crippen LogP contribution in [0.3, 0.4) is 0 Å². The second kappa shape index (κ2) is 6.49. The van der Waals surface area contributed by atoms with E-state index in [1.165, 1.54) is 6.21 Å². The van der Waals surface area contributed by atoms with Gasteiger partial charge in [-0.3, -0.25) is 4.79 Å². The number of halogens is 3. The molecule has 1 N–H and O–H groups in total. The molecule has 7 heteroatoms. The molecule has 98 valence electrons. The molecular formula is C12H7Br3N2O2. The number of benzene rings is 1. The number of hydrogen-bond donors (Lipinski definition) is 1. The zero-order valence-corrected chi connectivity index (χ0v) is 14.1. The van der Waals surface area contributed by atoms with Crippen molar-refractivity contribution < 1.29 is 9.21 Å². The van der Waals surface area contributed by atoms with Crippen LogP contribution in [0.25, 0.3) is 0 Å². The molecule has 0 aliphatic rings. The summed E-state index contributed by atoms with van der Waals surface area (Å²) < 4.78 is 7.48. The van der Waals surface area contributed by atoms with Gasteiger partial charge < -0.3 is 4.42 Å². The van der Waals surface area contributed by atoms with E-state index in [1.807, 2.05) is 6.07 Å². The Morgan fingerprint density at radius 1 is 1.26 bits per heavy atom. The molecule has 1 aromatic heterocycles. The minimum atomic E-state index is -0.290. The van der Waals surface area contributed by atoms with Gasteiger partial charge in [-0.05, 0) is 50.1 Å². The topological polar surface area (TPSA) is 54.6 Å². The summed E-state index contributed by atoms with van der Waals surface area (Å²) in [6, 6.07) is 8.78. The van der Waals surface area contributed by atoms with Gasteiger partial charge in [0.25, 0.3) is 5.91 Å². The van der Waals surface area contributed by atoms with Crippen LogP contribution in [-0.2, 0) is 0 Å². The van der Waals surface area contributed by atoms with Gasteiger partial charge in [0.05, 0.1) is 10.7 Å². The first-order chi connectivity index (χ1) is 9.06. The monoisotopic (exact) mass is 448 g/mol. The molecule has 0 bridgehead atoms. The quantitative estimate of drug-likeness (QED) is 0.559. The highest BCUT2D eigenvalue weighted by atomic mass is 79.9. The van der Waals surface area contributed by atoms with Crippen LogP contribution in [0.2, 0.25) is 0 Å². The number of nitrogens with zero attached hydrogens (tertiary/aromatic N) is 1. The van der Waals surface area contributed by atoms with Gasteiger partial charge in [-0.15, -0.1) is 0 Å². The highest BCUT2D eigenvalue weighted by Gasteiger charge is 2.05. The summed E-state index contributed by atoms with van der Waals surface area (Å²) in [5.74, 6) is 0.232. The van der Waals surface area contributed by atoms with Gasteiger partial charge in [-0.2, -0.15) is 5.10 Å². The molecule has 2 rings (SSSR count). The van der Waals surface area contributed by atoms with E-state index in [0.29, 0.717) is 16.0 Å². The zero-order chi connectivity index (χ0) is 13.8. The van der Waals surface area contributed by atoms with Gasteiger partial charge in [0.2, 0.25) is 0 Å². The second-order valence-corrected chi connectivity index (χ2v) is 5.97. The van der Waals surface area contributed by atoms with Gasteiger partial charge in [-0.25, -0.2) is 5.43 Å². The van der Waals surface area contributed by atoms with Gasteiger partial charge >= 0.3 is 0 Å². The van der Waals surface area contributed by atoms with Crippen molar-refractivity contribution >= 4 is 59.9 Å². The van der Waals surface area contributed by atoms with E-state index in [1.54, 1.807) is 24.3 Å². The van der Waals surface area contributed by atoms with Crippen LogP contribution in [0.1, 0.15) is 16.1 Å². The molecule has 1 aromatic carbocycles. The molecule has 0 radical (unpaired) electrons. The maximum absolute atomic E-state index is 11.8. The van der Waals surface area contributed by atoms with E-state index in [-0.39, 0.29) is 5.91 Å². The van der Waals surface area contributed by atoms with Crippen LogP contribution in [0.4, 0.5) is 0 Å². The fraction of sp³-hybridized carbons (Fsp3) is 0. The Morgan fingerprint density at radius 3 is 2.68 bits per heavy atom. The summed E-state index contributed by atoms with van der Waals surface area (Å²) in [5, 5.41) is 3.83. The first-order valence-electron chi connectivity index (χ1n) is 5.10. The van der Waals surface area contributed by atoms with Crippen molar-refractivity contribution in [3.05, 3.63) is 55.3 Å². The third kappa shape index (κ3) is 4.02. The van der Waals surface area contributed by atoms with Crippen molar-refractivity contribution in [1.29, 1.82) is 0 Å².